The van der Waals surface area contributed by atoms with E-state index < -0.39 is 17.5 Å². The molecule has 0 bridgehead atoms. The van der Waals surface area contributed by atoms with Crippen molar-refractivity contribution in [3.63, 3.8) is 0 Å². The van der Waals surface area contributed by atoms with Gasteiger partial charge in [0.25, 0.3) is 0 Å². The highest BCUT2D eigenvalue weighted by atomic mass is 19.1. The summed E-state index contributed by atoms with van der Waals surface area (Å²) < 4.78 is 29.9. The molecule has 0 radical (unpaired) electrons. The summed E-state index contributed by atoms with van der Waals surface area (Å²) in [5.41, 5.74) is 2.39. The Morgan fingerprint density at radius 2 is 1.67 bits per heavy atom. The number of anilines is 1. The Kier molecular flexibility index (Phi) is 5.48. The summed E-state index contributed by atoms with van der Waals surface area (Å²) >= 11 is 0. The molecule has 0 aliphatic rings. The van der Waals surface area contributed by atoms with E-state index in [-0.39, 0.29) is 11.3 Å². The van der Waals surface area contributed by atoms with Gasteiger partial charge in [0.15, 0.2) is 0 Å². The van der Waals surface area contributed by atoms with Gasteiger partial charge in [-0.2, -0.15) is 5.10 Å². The number of amides is 1. The van der Waals surface area contributed by atoms with Crippen LogP contribution in [0.25, 0.3) is 22.9 Å². The van der Waals surface area contributed by atoms with Crippen molar-refractivity contribution in [3.8, 4) is 16.8 Å². The van der Waals surface area contributed by atoms with Crippen molar-refractivity contribution in [1.29, 1.82) is 0 Å². The highest BCUT2D eigenvalue weighted by Gasteiger charge is 2.14. The lowest BCUT2D eigenvalue weighted by molar-refractivity contribution is -0.111. The molecular formula is C24H17F2N3O. The van der Waals surface area contributed by atoms with Gasteiger partial charge >= 0.3 is 0 Å². The van der Waals surface area contributed by atoms with E-state index in [1.807, 2.05) is 30.3 Å². The van der Waals surface area contributed by atoms with Gasteiger partial charge in [-0.3, -0.25) is 4.79 Å². The number of carbonyl (C=O) groups is 1. The molecule has 0 atom stereocenters. The van der Waals surface area contributed by atoms with Crippen molar-refractivity contribution in [3.05, 3.63) is 108 Å². The number of hydrogen-bond donors (Lipinski definition) is 1. The van der Waals surface area contributed by atoms with E-state index >= 15 is 0 Å². The maximum atomic E-state index is 14.4. The molecule has 148 valence electrons. The minimum Gasteiger partial charge on any atom is -0.319 e. The molecule has 0 saturated heterocycles. The molecule has 1 amide bonds. The van der Waals surface area contributed by atoms with Crippen molar-refractivity contribution in [2.75, 3.05) is 5.32 Å². The molecule has 0 unspecified atom stereocenters. The molecule has 0 fully saturated rings. The van der Waals surface area contributed by atoms with Crippen molar-refractivity contribution in [1.82, 2.24) is 9.78 Å². The fourth-order valence-corrected chi connectivity index (χ4v) is 3.03. The summed E-state index contributed by atoms with van der Waals surface area (Å²) in [6, 6.07) is 20.2. The van der Waals surface area contributed by atoms with Gasteiger partial charge in [0, 0.05) is 29.5 Å². The van der Waals surface area contributed by atoms with Gasteiger partial charge in [-0.05, 0) is 29.8 Å². The molecule has 0 aliphatic heterocycles. The molecule has 4 nitrogen and oxygen atoms in total. The highest BCUT2D eigenvalue weighted by Crippen LogP contribution is 2.31. The minimum absolute atomic E-state index is 0.0720. The summed E-state index contributed by atoms with van der Waals surface area (Å²) in [6.07, 6.45) is 6.24. The van der Waals surface area contributed by atoms with Crippen LogP contribution in [-0.2, 0) is 4.79 Å². The third kappa shape index (κ3) is 4.33. The largest absolute Gasteiger partial charge is 0.319 e. The highest BCUT2D eigenvalue weighted by molar-refractivity contribution is 6.04. The Bertz CT molecular complexity index is 1200. The first kappa shape index (κ1) is 19.3. The smallest absolute Gasteiger partial charge is 0.248 e. The predicted molar refractivity (Wildman–Crippen MR) is 113 cm³/mol. The second-order valence-electron chi connectivity index (χ2n) is 6.55. The van der Waals surface area contributed by atoms with Crippen LogP contribution >= 0.6 is 0 Å². The van der Waals surface area contributed by atoms with Crippen LogP contribution < -0.4 is 5.32 Å². The molecule has 3 aromatic carbocycles. The van der Waals surface area contributed by atoms with E-state index in [0.717, 1.165) is 11.8 Å². The first-order valence-electron chi connectivity index (χ1n) is 9.24. The molecule has 1 aromatic heterocycles. The molecule has 0 spiro atoms. The summed E-state index contributed by atoms with van der Waals surface area (Å²) in [4.78, 5) is 12.4. The van der Waals surface area contributed by atoms with E-state index in [9.17, 15) is 13.6 Å². The van der Waals surface area contributed by atoms with Crippen molar-refractivity contribution < 1.29 is 13.6 Å². The first-order chi connectivity index (χ1) is 14.6. The van der Waals surface area contributed by atoms with Crippen molar-refractivity contribution >= 4 is 17.7 Å². The Labute approximate surface area is 172 Å². The third-order valence-corrected chi connectivity index (χ3v) is 4.44. The molecule has 4 aromatic rings. The van der Waals surface area contributed by atoms with Crippen LogP contribution in [0.2, 0.25) is 0 Å². The predicted octanol–water partition coefficient (Wildman–Crippen LogP) is 5.47. The lowest BCUT2D eigenvalue weighted by atomic mass is 10.0. The average Bonchev–Trinajstić information content (AvgIpc) is 3.24. The zero-order chi connectivity index (χ0) is 20.9. The Hall–Kier alpha value is -4.06. The van der Waals surface area contributed by atoms with Crippen molar-refractivity contribution in [2.24, 2.45) is 0 Å². The molecule has 0 saturated carbocycles. The molecule has 30 heavy (non-hydrogen) atoms. The van der Waals surface area contributed by atoms with Crippen molar-refractivity contribution in [2.45, 2.75) is 0 Å². The van der Waals surface area contributed by atoms with Gasteiger partial charge < -0.3 is 5.32 Å². The number of benzene rings is 3. The van der Waals surface area contributed by atoms with Crippen LogP contribution in [0.15, 0.2) is 91.3 Å². The number of nitrogens with one attached hydrogen (secondary N) is 1. The number of rotatable bonds is 5. The third-order valence-electron chi connectivity index (χ3n) is 4.44. The number of halogens is 2. The summed E-state index contributed by atoms with van der Waals surface area (Å²) in [5.74, 6) is -2.09. The van der Waals surface area contributed by atoms with Gasteiger partial charge in [0.1, 0.15) is 11.6 Å². The summed E-state index contributed by atoms with van der Waals surface area (Å²) in [6.45, 7) is 0. The topological polar surface area (TPSA) is 46.9 Å². The van der Waals surface area contributed by atoms with Crippen LogP contribution in [0.5, 0.6) is 0 Å². The van der Waals surface area contributed by atoms with Gasteiger partial charge in [-0.25, -0.2) is 13.5 Å². The Balaban J connectivity index is 1.54. The average molecular weight is 401 g/mol. The molecule has 1 N–H and O–H groups in total. The second-order valence-corrected chi connectivity index (χ2v) is 6.55. The van der Waals surface area contributed by atoms with E-state index in [0.29, 0.717) is 11.1 Å². The molecule has 1 heterocycles. The van der Waals surface area contributed by atoms with Crippen LogP contribution in [0.4, 0.5) is 14.5 Å². The first-order valence-corrected chi connectivity index (χ1v) is 9.24. The number of para-hydroxylation sites is 1. The monoisotopic (exact) mass is 401 g/mol. The van der Waals surface area contributed by atoms with E-state index in [4.69, 9.17) is 0 Å². The van der Waals surface area contributed by atoms with Crippen LogP contribution in [0.1, 0.15) is 5.56 Å². The van der Waals surface area contributed by atoms with Crippen LogP contribution in [0, 0.1) is 11.6 Å². The Morgan fingerprint density at radius 3 is 2.40 bits per heavy atom. The number of carbonyl (C=O) groups excluding carboxylic acids is 1. The fraction of sp³-hybridized carbons (Fsp3) is 0. The SMILES string of the molecule is O=C(/C=C/c1cnn(-c2ccccc2)c1)Nc1c(F)cc(F)cc1-c1ccccc1. The Morgan fingerprint density at radius 1 is 0.967 bits per heavy atom. The standard InChI is InChI=1S/C24H17F2N3O/c25-19-13-21(18-7-3-1-4-8-18)24(22(26)14-19)28-23(30)12-11-17-15-27-29(16-17)20-9-5-2-6-10-20/h1-16H,(H,28,30)/b12-11+. The molecular weight excluding hydrogens is 384 g/mol. The fourth-order valence-electron chi connectivity index (χ4n) is 3.03. The quantitative estimate of drug-likeness (QED) is 0.451. The van der Waals surface area contributed by atoms with E-state index in [2.05, 4.69) is 10.4 Å². The molecule has 6 heteroatoms. The number of hydrogen-bond acceptors (Lipinski definition) is 2. The molecule has 0 aliphatic carbocycles. The number of aromatic nitrogens is 2. The second kappa shape index (κ2) is 8.53. The van der Waals surface area contributed by atoms with E-state index in [1.54, 1.807) is 53.5 Å². The zero-order valence-corrected chi connectivity index (χ0v) is 15.8. The zero-order valence-electron chi connectivity index (χ0n) is 15.8. The minimum atomic E-state index is -0.840. The van der Waals surface area contributed by atoms with Gasteiger partial charge in [-0.1, -0.05) is 48.5 Å². The molecule has 4 rings (SSSR count). The maximum Gasteiger partial charge on any atom is 0.248 e. The summed E-state index contributed by atoms with van der Waals surface area (Å²) in [7, 11) is 0. The normalized spacial score (nSPS) is 11.0. The van der Waals surface area contributed by atoms with Gasteiger partial charge in [0.2, 0.25) is 5.91 Å². The van der Waals surface area contributed by atoms with Crippen LogP contribution in [0.3, 0.4) is 0 Å². The van der Waals surface area contributed by atoms with Gasteiger partial charge in [0.05, 0.1) is 17.6 Å². The van der Waals surface area contributed by atoms with E-state index in [1.165, 1.54) is 12.1 Å². The van der Waals surface area contributed by atoms with Gasteiger partial charge in [-0.15, -0.1) is 0 Å². The maximum absolute atomic E-state index is 14.4. The van der Waals surface area contributed by atoms with Crippen LogP contribution in [-0.4, -0.2) is 15.7 Å². The number of nitrogens with zero attached hydrogens (tertiary/aromatic N) is 2. The lowest BCUT2D eigenvalue weighted by Crippen LogP contribution is -2.11. The summed E-state index contributed by atoms with van der Waals surface area (Å²) in [5, 5.41) is 6.78. The lowest BCUT2D eigenvalue weighted by Gasteiger charge is -2.12.